The minimum atomic E-state index is 0.441. The maximum absolute atomic E-state index is 6.13. The third-order valence-electron chi connectivity index (χ3n) is 3.40. The van der Waals surface area contributed by atoms with Crippen LogP contribution in [-0.4, -0.2) is 10.2 Å². The van der Waals surface area contributed by atoms with E-state index < -0.39 is 0 Å². The molecule has 0 spiro atoms. The van der Waals surface area contributed by atoms with Gasteiger partial charge < -0.3 is 0 Å². The first-order chi connectivity index (χ1) is 9.58. The van der Waals surface area contributed by atoms with Crippen molar-refractivity contribution in [1.82, 2.24) is 10.2 Å². The van der Waals surface area contributed by atoms with Crippen molar-refractivity contribution in [3.05, 3.63) is 57.2 Å². The molecule has 3 aromatic rings. The molecule has 0 atom stereocenters. The lowest BCUT2D eigenvalue weighted by molar-refractivity contribution is 1.05. The Labute approximate surface area is 130 Å². The number of hydrogen-bond donors (Lipinski definition) is 0. The summed E-state index contributed by atoms with van der Waals surface area (Å²) in [5.41, 5.74) is 4.29. The van der Waals surface area contributed by atoms with Gasteiger partial charge in [-0.25, -0.2) is 0 Å². The highest BCUT2D eigenvalue weighted by Crippen LogP contribution is 2.33. The monoisotopic (exact) mass is 346 g/mol. The van der Waals surface area contributed by atoms with Crippen LogP contribution in [-0.2, 0) is 0 Å². The van der Waals surface area contributed by atoms with Gasteiger partial charge in [-0.15, -0.1) is 10.2 Å². The second-order valence-corrected chi connectivity index (χ2v) is 6.01. The Morgan fingerprint density at radius 1 is 0.950 bits per heavy atom. The van der Waals surface area contributed by atoms with Crippen LogP contribution in [0.5, 0.6) is 0 Å². The van der Waals surface area contributed by atoms with Gasteiger partial charge in [-0.05, 0) is 37.1 Å². The smallest absolute Gasteiger partial charge is 0.148 e. The van der Waals surface area contributed by atoms with Crippen molar-refractivity contribution in [2.75, 3.05) is 0 Å². The normalized spacial score (nSPS) is 11.0. The standard InChI is InChI=1S/C16H12BrClN2/c1-9-8-14(17)10(2)7-13(9)15-11-5-3-4-6-12(11)16(18)20-19-15/h3-8H,1-2H3. The second kappa shape index (κ2) is 5.15. The van der Waals surface area contributed by atoms with Crippen LogP contribution < -0.4 is 0 Å². The average Bonchev–Trinajstić information content (AvgIpc) is 2.44. The summed E-state index contributed by atoms with van der Waals surface area (Å²) >= 11 is 9.69. The van der Waals surface area contributed by atoms with Crippen LogP contribution in [0.15, 0.2) is 40.9 Å². The van der Waals surface area contributed by atoms with Gasteiger partial charge in [-0.3, -0.25) is 0 Å². The van der Waals surface area contributed by atoms with Crippen LogP contribution in [0.3, 0.4) is 0 Å². The van der Waals surface area contributed by atoms with Crippen molar-refractivity contribution < 1.29 is 0 Å². The van der Waals surface area contributed by atoms with E-state index in [4.69, 9.17) is 11.6 Å². The molecule has 4 heteroatoms. The number of benzene rings is 2. The zero-order chi connectivity index (χ0) is 14.3. The van der Waals surface area contributed by atoms with E-state index in [0.717, 1.165) is 32.1 Å². The Bertz CT molecular complexity index is 815. The molecule has 0 aliphatic carbocycles. The van der Waals surface area contributed by atoms with E-state index in [1.165, 1.54) is 5.56 Å². The van der Waals surface area contributed by atoms with Gasteiger partial charge in [0.2, 0.25) is 0 Å². The number of nitrogens with zero attached hydrogens (tertiary/aromatic N) is 2. The molecule has 1 aromatic heterocycles. The third-order valence-corrected chi connectivity index (χ3v) is 4.54. The minimum Gasteiger partial charge on any atom is -0.148 e. The molecule has 0 bridgehead atoms. The molecule has 0 aliphatic rings. The molecule has 0 unspecified atom stereocenters. The van der Waals surface area contributed by atoms with Crippen LogP contribution >= 0.6 is 27.5 Å². The number of halogens is 2. The highest BCUT2D eigenvalue weighted by molar-refractivity contribution is 9.10. The Morgan fingerprint density at radius 3 is 2.40 bits per heavy atom. The Morgan fingerprint density at radius 2 is 1.65 bits per heavy atom. The Balaban J connectivity index is 2.36. The second-order valence-electron chi connectivity index (χ2n) is 4.80. The van der Waals surface area contributed by atoms with Crippen LogP contribution in [0.25, 0.3) is 22.0 Å². The summed E-state index contributed by atoms with van der Waals surface area (Å²) in [5, 5.41) is 10.8. The van der Waals surface area contributed by atoms with Crippen LogP contribution in [0.1, 0.15) is 11.1 Å². The topological polar surface area (TPSA) is 25.8 Å². The highest BCUT2D eigenvalue weighted by atomic mass is 79.9. The quantitative estimate of drug-likeness (QED) is 0.594. The molecule has 0 aliphatic heterocycles. The molecule has 2 nitrogen and oxygen atoms in total. The van der Waals surface area contributed by atoms with E-state index in [1.807, 2.05) is 24.3 Å². The molecule has 1 heterocycles. The van der Waals surface area contributed by atoms with Crippen molar-refractivity contribution >= 4 is 38.3 Å². The van der Waals surface area contributed by atoms with Crippen LogP contribution in [0, 0.1) is 13.8 Å². The summed E-state index contributed by atoms with van der Waals surface area (Å²) < 4.78 is 1.10. The van der Waals surface area contributed by atoms with E-state index in [9.17, 15) is 0 Å². The largest absolute Gasteiger partial charge is 0.159 e. The summed E-state index contributed by atoms with van der Waals surface area (Å²) in [5.74, 6) is 0. The van der Waals surface area contributed by atoms with Gasteiger partial charge in [0.25, 0.3) is 0 Å². The molecule has 0 fully saturated rings. The first kappa shape index (κ1) is 13.5. The van der Waals surface area contributed by atoms with E-state index in [1.54, 1.807) is 0 Å². The molecule has 3 rings (SSSR count). The zero-order valence-electron chi connectivity index (χ0n) is 11.1. The summed E-state index contributed by atoms with van der Waals surface area (Å²) in [6, 6.07) is 12.2. The Kier molecular flexibility index (Phi) is 3.48. The maximum Gasteiger partial charge on any atom is 0.159 e. The molecular weight excluding hydrogens is 336 g/mol. The molecule has 0 radical (unpaired) electrons. The van der Waals surface area contributed by atoms with Gasteiger partial charge in [0.05, 0.1) is 0 Å². The Hall–Kier alpha value is -1.45. The van der Waals surface area contributed by atoms with Gasteiger partial charge in [0.1, 0.15) is 5.69 Å². The summed E-state index contributed by atoms with van der Waals surface area (Å²) in [6.07, 6.45) is 0. The molecule has 2 aromatic carbocycles. The van der Waals surface area contributed by atoms with E-state index in [0.29, 0.717) is 5.15 Å². The minimum absolute atomic E-state index is 0.441. The number of hydrogen-bond acceptors (Lipinski definition) is 2. The number of aryl methyl sites for hydroxylation is 2. The fourth-order valence-electron chi connectivity index (χ4n) is 2.31. The third kappa shape index (κ3) is 2.21. The van der Waals surface area contributed by atoms with Crippen molar-refractivity contribution in [3.8, 4) is 11.3 Å². The van der Waals surface area contributed by atoms with Gasteiger partial charge >= 0.3 is 0 Å². The lowest BCUT2D eigenvalue weighted by Crippen LogP contribution is -1.94. The maximum atomic E-state index is 6.13. The SMILES string of the molecule is Cc1cc(-c2nnc(Cl)c3ccccc23)c(C)cc1Br. The van der Waals surface area contributed by atoms with Crippen molar-refractivity contribution in [1.29, 1.82) is 0 Å². The fourth-order valence-corrected chi connectivity index (χ4v) is 2.97. The number of aromatic nitrogens is 2. The molecule has 0 saturated carbocycles. The zero-order valence-corrected chi connectivity index (χ0v) is 13.5. The number of rotatable bonds is 1. The van der Waals surface area contributed by atoms with E-state index in [-0.39, 0.29) is 0 Å². The molecule has 20 heavy (non-hydrogen) atoms. The van der Waals surface area contributed by atoms with Gasteiger partial charge in [0, 0.05) is 20.8 Å². The van der Waals surface area contributed by atoms with Crippen LogP contribution in [0.2, 0.25) is 5.15 Å². The van der Waals surface area contributed by atoms with E-state index >= 15 is 0 Å². The summed E-state index contributed by atoms with van der Waals surface area (Å²) in [4.78, 5) is 0. The molecule has 0 N–H and O–H groups in total. The molecule has 100 valence electrons. The highest BCUT2D eigenvalue weighted by Gasteiger charge is 2.12. The molecule has 0 amide bonds. The average molecular weight is 348 g/mol. The first-order valence-electron chi connectivity index (χ1n) is 6.26. The van der Waals surface area contributed by atoms with Crippen LogP contribution in [0.4, 0.5) is 0 Å². The van der Waals surface area contributed by atoms with Gasteiger partial charge in [0.15, 0.2) is 5.15 Å². The molecular formula is C16H12BrClN2. The number of fused-ring (bicyclic) bond motifs is 1. The summed E-state index contributed by atoms with van der Waals surface area (Å²) in [6.45, 7) is 4.14. The summed E-state index contributed by atoms with van der Waals surface area (Å²) in [7, 11) is 0. The lowest BCUT2D eigenvalue weighted by atomic mass is 9.99. The van der Waals surface area contributed by atoms with E-state index in [2.05, 4.69) is 52.1 Å². The van der Waals surface area contributed by atoms with Crippen molar-refractivity contribution in [3.63, 3.8) is 0 Å². The van der Waals surface area contributed by atoms with Crippen molar-refractivity contribution in [2.45, 2.75) is 13.8 Å². The van der Waals surface area contributed by atoms with Gasteiger partial charge in [-0.2, -0.15) is 0 Å². The molecule has 0 saturated heterocycles. The predicted octanol–water partition coefficient (Wildman–Crippen LogP) is 5.33. The lowest BCUT2D eigenvalue weighted by Gasteiger charge is -2.11. The van der Waals surface area contributed by atoms with Crippen molar-refractivity contribution in [2.24, 2.45) is 0 Å². The first-order valence-corrected chi connectivity index (χ1v) is 7.43. The van der Waals surface area contributed by atoms with Gasteiger partial charge in [-0.1, -0.05) is 51.8 Å². The fraction of sp³-hybridized carbons (Fsp3) is 0.125. The predicted molar refractivity (Wildman–Crippen MR) is 87.2 cm³/mol.